The highest BCUT2D eigenvalue weighted by Gasteiger charge is 2.42. The van der Waals surface area contributed by atoms with Crippen LogP contribution in [-0.4, -0.2) is 48.0 Å². The Morgan fingerprint density at radius 2 is 2.11 bits per heavy atom. The number of nitrogens with zero attached hydrogens (tertiary/aromatic N) is 4. The van der Waals surface area contributed by atoms with Crippen LogP contribution in [0.2, 0.25) is 5.28 Å². The molecule has 1 aliphatic heterocycles. The highest BCUT2D eigenvalue weighted by atomic mass is 35.5. The molecule has 2 aromatic rings. The van der Waals surface area contributed by atoms with Crippen LogP contribution in [0.1, 0.15) is 13.2 Å². The summed E-state index contributed by atoms with van der Waals surface area (Å²) in [5.41, 5.74) is 6.41. The molecule has 3 rings (SSSR count). The van der Waals surface area contributed by atoms with E-state index < -0.39 is 24.5 Å². The lowest BCUT2D eigenvalue weighted by molar-refractivity contribution is -0.0299. The number of halogens is 1. The molecule has 1 aliphatic rings. The van der Waals surface area contributed by atoms with E-state index >= 15 is 0 Å². The Balaban J connectivity index is 2.11. The zero-order chi connectivity index (χ0) is 13.7. The SMILES string of the molecule is C[C@H]1O[C@@H](n2cnc3c(N)nc(Cl)nc32)[C@H](O)[C@@H]1O. The number of aliphatic hydroxyl groups is 2. The largest absolute Gasteiger partial charge is 0.388 e. The lowest BCUT2D eigenvalue weighted by atomic mass is 10.1. The van der Waals surface area contributed by atoms with Gasteiger partial charge < -0.3 is 20.7 Å². The number of hydrogen-bond donors (Lipinski definition) is 3. The number of imidazole rings is 1. The van der Waals surface area contributed by atoms with Crippen LogP contribution in [0, 0.1) is 0 Å². The number of hydrogen-bond acceptors (Lipinski definition) is 7. The predicted molar refractivity (Wildman–Crippen MR) is 66.3 cm³/mol. The van der Waals surface area contributed by atoms with Crippen LogP contribution in [0.5, 0.6) is 0 Å². The van der Waals surface area contributed by atoms with Crippen LogP contribution in [0.25, 0.3) is 11.2 Å². The third kappa shape index (κ3) is 1.84. The van der Waals surface area contributed by atoms with Gasteiger partial charge in [0.2, 0.25) is 5.28 Å². The summed E-state index contributed by atoms with van der Waals surface area (Å²) >= 11 is 5.76. The number of ether oxygens (including phenoxy) is 1. The molecule has 4 N–H and O–H groups in total. The molecule has 19 heavy (non-hydrogen) atoms. The van der Waals surface area contributed by atoms with Crippen molar-refractivity contribution in [2.24, 2.45) is 0 Å². The smallest absolute Gasteiger partial charge is 0.226 e. The van der Waals surface area contributed by atoms with Crippen LogP contribution in [-0.2, 0) is 4.74 Å². The quantitative estimate of drug-likeness (QED) is 0.615. The van der Waals surface area contributed by atoms with E-state index in [0.717, 1.165) is 0 Å². The van der Waals surface area contributed by atoms with Gasteiger partial charge >= 0.3 is 0 Å². The highest BCUT2D eigenvalue weighted by Crippen LogP contribution is 2.32. The average molecular weight is 286 g/mol. The monoisotopic (exact) mass is 285 g/mol. The standard InChI is InChI=1S/C10H12ClN5O3/c1-3-5(17)6(18)9(19-3)16-2-13-4-7(12)14-10(11)15-8(4)16/h2-3,5-6,9,17-18H,1H3,(H2,12,14,15)/t3-,5-,6-,9-/m1/s1. The molecule has 0 unspecified atom stereocenters. The molecule has 8 nitrogen and oxygen atoms in total. The van der Waals surface area contributed by atoms with Gasteiger partial charge in [-0.05, 0) is 18.5 Å². The first-order chi connectivity index (χ1) is 8.99. The summed E-state index contributed by atoms with van der Waals surface area (Å²) in [6.07, 6.45) is -1.92. The first-order valence-electron chi connectivity index (χ1n) is 5.66. The molecule has 0 aromatic carbocycles. The fourth-order valence-electron chi connectivity index (χ4n) is 2.15. The second kappa shape index (κ2) is 4.27. The number of nitrogen functional groups attached to an aromatic ring is 1. The molecule has 0 spiro atoms. The van der Waals surface area contributed by atoms with Crippen molar-refractivity contribution in [2.45, 2.75) is 31.5 Å². The second-order valence-corrected chi connectivity index (χ2v) is 4.75. The third-order valence-electron chi connectivity index (χ3n) is 3.17. The van der Waals surface area contributed by atoms with E-state index in [0.29, 0.717) is 11.2 Å². The van der Waals surface area contributed by atoms with Gasteiger partial charge in [-0.1, -0.05) is 0 Å². The fraction of sp³-hybridized carbons (Fsp3) is 0.500. The molecule has 0 saturated carbocycles. The van der Waals surface area contributed by atoms with Gasteiger partial charge in [-0.15, -0.1) is 0 Å². The molecule has 3 heterocycles. The predicted octanol–water partition coefficient (Wildman–Crippen LogP) is -0.299. The van der Waals surface area contributed by atoms with Gasteiger partial charge in [0.1, 0.15) is 17.7 Å². The highest BCUT2D eigenvalue weighted by molar-refractivity contribution is 6.28. The van der Waals surface area contributed by atoms with E-state index in [-0.39, 0.29) is 11.1 Å². The van der Waals surface area contributed by atoms with Crippen molar-refractivity contribution >= 4 is 28.6 Å². The van der Waals surface area contributed by atoms with E-state index in [1.54, 1.807) is 6.92 Å². The van der Waals surface area contributed by atoms with Crippen LogP contribution in [0.15, 0.2) is 6.33 Å². The van der Waals surface area contributed by atoms with Crippen molar-refractivity contribution in [3.63, 3.8) is 0 Å². The van der Waals surface area contributed by atoms with Gasteiger partial charge in [-0.25, -0.2) is 4.98 Å². The Hall–Kier alpha value is -1.48. The maximum absolute atomic E-state index is 9.97. The zero-order valence-electron chi connectivity index (χ0n) is 9.93. The van der Waals surface area contributed by atoms with Crippen LogP contribution >= 0.6 is 11.6 Å². The lowest BCUT2D eigenvalue weighted by Crippen LogP contribution is -2.30. The second-order valence-electron chi connectivity index (χ2n) is 4.41. The number of aromatic nitrogens is 4. The lowest BCUT2D eigenvalue weighted by Gasteiger charge is -2.16. The summed E-state index contributed by atoms with van der Waals surface area (Å²) in [7, 11) is 0. The molecule has 0 amide bonds. The van der Waals surface area contributed by atoms with Crippen LogP contribution < -0.4 is 5.73 Å². The molecular formula is C10H12ClN5O3. The number of anilines is 1. The van der Waals surface area contributed by atoms with E-state index in [2.05, 4.69) is 15.0 Å². The molecule has 4 atom stereocenters. The maximum atomic E-state index is 9.97. The molecule has 102 valence electrons. The average Bonchev–Trinajstić information content (AvgIpc) is 2.86. The summed E-state index contributed by atoms with van der Waals surface area (Å²) in [5, 5.41) is 19.7. The summed E-state index contributed by atoms with van der Waals surface area (Å²) in [4.78, 5) is 11.9. The van der Waals surface area contributed by atoms with Gasteiger partial charge in [-0.2, -0.15) is 9.97 Å². The fourth-order valence-corrected chi connectivity index (χ4v) is 2.33. The van der Waals surface area contributed by atoms with E-state index in [4.69, 9.17) is 22.1 Å². The molecule has 1 fully saturated rings. The zero-order valence-corrected chi connectivity index (χ0v) is 10.7. The number of aliphatic hydroxyl groups excluding tert-OH is 2. The Bertz CT molecular complexity index is 633. The van der Waals surface area contributed by atoms with Crippen LogP contribution in [0.3, 0.4) is 0 Å². The first-order valence-corrected chi connectivity index (χ1v) is 6.04. The summed E-state index contributed by atoms with van der Waals surface area (Å²) in [6.45, 7) is 1.67. The number of fused-ring (bicyclic) bond motifs is 1. The Morgan fingerprint density at radius 1 is 1.37 bits per heavy atom. The Labute approximate surface area is 112 Å². The molecule has 2 aromatic heterocycles. The minimum absolute atomic E-state index is 0.0205. The molecule has 1 saturated heterocycles. The normalized spacial score (nSPS) is 31.2. The van der Waals surface area contributed by atoms with Crippen molar-refractivity contribution in [2.75, 3.05) is 5.73 Å². The molecular weight excluding hydrogens is 274 g/mol. The van der Waals surface area contributed by atoms with E-state index in [1.165, 1.54) is 10.9 Å². The third-order valence-corrected chi connectivity index (χ3v) is 3.34. The molecule has 0 radical (unpaired) electrons. The van der Waals surface area contributed by atoms with Crippen molar-refractivity contribution < 1.29 is 14.9 Å². The molecule has 0 aliphatic carbocycles. The maximum Gasteiger partial charge on any atom is 0.226 e. The molecule has 0 bridgehead atoms. The topological polar surface area (TPSA) is 119 Å². The minimum Gasteiger partial charge on any atom is -0.388 e. The first kappa shape index (κ1) is 12.5. The van der Waals surface area contributed by atoms with Gasteiger partial charge in [0.05, 0.1) is 12.4 Å². The number of rotatable bonds is 1. The van der Waals surface area contributed by atoms with Crippen molar-refractivity contribution in [1.29, 1.82) is 0 Å². The van der Waals surface area contributed by atoms with Crippen molar-refractivity contribution in [3.8, 4) is 0 Å². The van der Waals surface area contributed by atoms with Crippen LogP contribution in [0.4, 0.5) is 5.82 Å². The Kier molecular flexibility index (Phi) is 2.82. The Morgan fingerprint density at radius 3 is 2.74 bits per heavy atom. The van der Waals surface area contributed by atoms with Crippen molar-refractivity contribution in [1.82, 2.24) is 19.5 Å². The van der Waals surface area contributed by atoms with Gasteiger partial charge in [0, 0.05) is 0 Å². The van der Waals surface area contributed by atoms with Gasteiger partial charge in [0.25, 0.3) is 0 Å². The van der Waals surface area contributed by atoms with E-state index in [9.17, 15) is 10.2 Å². The summed E-state index contributed by atoms with van der Waals surface area (Å²) in [6, 6.07) is 0. The van der Waals surface area contributed by atoms with Crippen molar-refractivity contribution in [3.05, 3.63) is 11.6 Å². The molecule has 9 heteroatoms. The summed E-state index contributed by atoms with van der Waals surface area (Å²) in [5.74, 6) is 0.148. The van der Waals surface area contributed by atoms with Gasteiger partial charge in [-0.3, -0.25) is 4.57 Å². The number of nitrogens with two attached hydrogens (primary N) is 1. The summed E-state index contributed by atoms with van der Waals surface area (Å²) < 4.78 is 6.98. The minimum atomic E-state index is -1.08. The van der Waals surface area contributed by atoms with Gasteiger partial charge in [0.15, 0.2) is 17.7 Å². The van der Waals surface area contributed by atoms with E-state index in [1.807, 2.05) is 0 Å².